The first-order valence-electron chi connectivity index (χ1n) is 12.1. The number of phenols is 1. The van der Waals surface area contributed by atoms with Crippen LogP contribution in [0.25, 0.3) is 11.4 Å². The molecule has 32 heavy (non-hydrogen) atoms. The molecular formula is C25H39N3O4. The second-order valence-corrected chi connectivity index (χ2v) is 8.29. The van der Waals surface area contributed by atoms with Gasteiger partial charge >= 0.3 is 12.0 Å². The van der Waals surface area contributed by atoms with Crippen LogP contribution in [-0.2, 0) is 0 Å². The van der Waals surface area contributed by atoms with Gasteiger partial charge < -0.3 is 19.7 Å². The summed E-state index contributed by atoms with van der Waals surface area (Å²) in [5.74, 6) is 0.337. The van der Waals surface area contributed by atoms with E-state index in [4.69, 9.17) is 9.47 Å². The molecule has 2 rings (SSSR count). The predicted molar refractivity (Wildman–Crippen MR) is 126 cm³/mol. The molecule has 0 aliphatic rings. The van der Waals surface area contributed by atoms with Crippen molar-refractivity contribution in [2.24, 2.45) is 0 Å². The Morgan fingerprint density at radius 1 is 0.781 bits per heavy atom. The fraction of sp³-hybridized carbons (Fsp3) is 0.640. The molecule has 7 heteroatoms. The lowest BCUT2D eigenvalue weighted by molar-refractivity contribution is 0.115. The van der Waals surface area contributed by atoms with Crippen molar-refractivity contribution in [3.8, 4) is 29.2 Å². The van der Waals surface area contributed by atoms with Crippen LogP contribution in [0.1, 0.15) is 84.5 Å². The highest BCUT2D eigenvalue weighted by molar-refractivity contribution is 5.63. The van der Waals surface area contributed by atoms with Gasteiger partial charge in [0.1, 0.15) is 12.4 Å². The molecule has 0 aliphatic carbocycles. The van der Waals surface area contributed by atoms with E-state index in [2.05, 4.69) is 21.9 Å². The first kappa shape index (κ1) is 25.8. The van der Waals surface area contributed by atoms with Crippen LogP contribution in [-0.4, -0.2) is 44.5 Å². The zero-order valence-electron chi connectivity index (χ0n) is 19.6. The highest BCUT2D eigenvalue weighted by Crippen LogP contribution is 2.27. The zero-order valence-corrected chi connectivity index (χ0v) is 19.6. The number of ether oxygens (including phenoxy) is 2. The van der Waals surface area contributed by atoms with Gasteiger partial charge in [0.2, 0.25) is 0 Å². The van der Waals surface area contributed by atoms with Crippen molar-refractivity contribution < 1.29 is 19.7 Å². The zero-order chi connectivity index (χ0) is 23.0. The van der Waals surface area contributed by atoms with Crippen molar-refractivity contribution in [1.82, 2.24) is 15.0 Å². The van der Waals surface area contributed by atoms with E-state index in [1.807, 2.05) is 0 Å². The van der Waals surface area contributed by atoms with Gasteiger partial charge in [-0.15, -0.1) is 4.98 Å². The Balaban J connectivity index is 1.77. The summed E-state index contributed by atoms with van der Waals surface area (Å²) in [7, 11) is 0. The molecule has 2 N–H and O–H groups in total. The van der Waals surface area contributed by atoms with Crippen molar-refractivity contribution >= 4 is 0 Å². The third kappa shape index (κ3) is 10.3. The number of phenolic OH excluding ortho intramolecular Hbond substituents is 1. The first-order chi connectivity index (χ1) is 15.6. The molecule has 0 fully saturated rings. The topological polar surface area (TPSA) is 97.6 Å². The number of benzene rings is 1. The van der Waals surface area contributed by atoms with Crippen molar-refractivity contribution in [2.45, 2.75) is 90.6 Å². The molecule has 0 saturated heterocycles. The van der Waals surface area contributed by atoms with Gasteiger partial charge in [0.15, 0.2) is 5.82 Å². The lowest BCUT2D eigenvalue weighted by Crippen LogP contribution is -2.15. The van der Waals surface area contributed by atoms with Crippen molar-refractivity contribution in [2.75, 3.05) is 13.2 Å². The second-order valence-electron chi connectivity index (χ2n) is 8.29. The number of rotatable bonds is 17. The molecule has 1 unspecified atom stereocenters. The van der Waals surface area contributed by atoms with Gasteiger partial charge in [0.05, 0.1) is 18.3 Å². The number of aliphatic hydroxyl groups is 1. The van der Waals surface area contributed by atoms with E-state index in [-0.39, 0.29) is 30.2 Å². The number of aliphatic hydroxyl groups excluding tert-OH is 1. The predicted octanol–water partition coefficient (Wildman–Crippen LogP) is 5.69. The van der Waals surface area contributed by atoms with Crippen LogP contribution in [0.3, 0.4) is 0 Å². The molecule has 1 aromatic heterocycles. The number of para-hydroxylation sites is 1. The summed E-state index contributed by atoms with van der Waals surface area (Å²) in [5.41, 5.74) is 0.469. The molecule has 1 aromatic carbocycles. The van der Waals surface area contributed by atoms with E-state index in [0.29, 0.717) is 12.2 Å². The van der Waals surface area contributed by atoms with Gasteiger partial charge in [-0.05, 0) is 25.5 Å². The maximum absolute atomic E-state index is 10.1. The van der Waals surface area contributed by atoms with Crippen molar-refractivity contribution in [3.63, 3.8) is 0 Å². The minimum atomic E-state index is -0.652. The van der Waals surface area contributed by atoms with E-state index >= 15 is 0 Å². The largest absolute Gasteiger partial charge is 0.507 e. The number of unbranched alkanes of at least 4 members (excludes halogenated alkanes) is 10. The number of hydrogen-bond donors (Lipinski definition) is 2. The summed E-state index contributed by atoms with van der Waals surface area (Å²) in [6.07, 6.45) is 13.3. The molecule has 7 nitrogen and oxygen atoms in total. The Morgan fingerprint density at radius 2 is 1.34 bits per heavy atom. The summed E-state index contributed by atoms with van der Waals surface area (Å²) in [6.45, 7) is 4.44. The fourth-order valence-corrected chi connectivity index (χ4v) is 3.38. The summed E-state index contributed by atoms with van der Waals surface area (Å²) in [6, 6.07) is 7.03. The van der Waals surface area contributed by atoms with Gasteiger partial charge in [-0.1, -0.05) is 83.3 Å². The quantitative estimate of drug-likeness (QED) is 0.302. The molecule has 2 aromatic rings. The Morgan fingerprint density at radius 3 is 1.94 bits per heavy atom. The molecule has 0 spiro atoms. The number of aromatic nitrogens is 3. The van der Waals surface area contributed by atoms with Crippen LogP contribution in [0, 0.1) is 0 Å². The molecule has 0 amide bonds. The van der Waals surface area contributed by atoms with Crippen molar-refractivity contribution in [3.05, 3.63) is 24.3 Å². The minimum absolute atomic E-state index is 0.0578. The van der Waals surface area contributed by atoms with E-state index in [1.54, 1.807) is 31.2 Å². The molecule has 178 valence electrons. The molecule has 1 heterocycles. The van der Waals surface area contributed by atoms with Gasteiger partial charge in [0.25, 0.3) is 0 Å². The lowest BCUT2D eigenvalue weighted by Gasteiger charge is -2.11. The van der Waals surface area contributed by atoms with E-state index in [1.165, 1.54) is 57.8 Å². The lowest BCUT2D eigenvalue weighted by atomic mass is 10.1. The average Bonchev–Trinajstić information content (AvgIpc) is 2.78. The van der Waals surface area contributed by atoms with Gasteiger partial charge in [-0.2, -0.15) is 9.97 Å². The van der Waals surface area contributed by atoms with Crippen molar-refractivity contribution in [1.29, 1.82) is 0 Å². The van der Waals surface area contributed by atoms with Crippen LogP contribution in [0.15, 0.2) is 24.3 Å². The Bertz CT molecular complexity index is 771. The normalized spacial score (nSPS) is 12.0. The Kier molecular flexibility index (Phi) is 12.4. The molecule has 0 radical (unpaired) electrons. The van der Waals surface area contributed by atoms with E-state index in [9.17, 15) is 10.2 Å². The highest BCUT2D eigenvalue weighted by Gasteiger charge is 2.14. The maximum atomic E-state index is 10.1. The van der Waals surface area contributed by atoms with E-state index < -0.39 is 6.10 Å². The average molecular weight is 446 g/mol. The van der Waals surface area contributed by atoms with Crippen LogP contribution in [0.4, 0.5) is 0 Å². The van der Waals surface area contributed by atoms with Gasteiger partial charge in [0, 0.05) is 0 Å². The monoisotopic (exact) mass is 445 g/mol. The third-order valence-electron chi connectivity index (χ3n) is 5.17. The smallest absolute Gasteiger partial charge is 0.323 e. The van der Waals surface area contributed by atoms with Crippen LogP contribution in [0.5, 0.6) is 17.8 Å². The summed E-state index contributed by atoms with van der Waals surface area (Å²) < 4.78 is 11.2. The number of hydrogen-bond acceptors (Lipinski definition) is 7. The molecular weight excluding hydrogens is 406 g/mol. The van der Waals surface area contributed by atoms with Crippen LogP contribution in [0.2, 0.25) is 0 Å². The second kappa shape index (κ2) is 15.4. The minimum Gasteiger partial charge on any atom is -0.507 e. The Labute approximate surface area is 192 Å². The summed E-state index contributed by atoms with van der Waals surface area (Å²) in [4.78, 5) is 12.8. The molecule has 0 saturated carbocycles. The molecule has 0 bridgehead atoms. The SMILES string of the molecule is CCCCCCCCCCCCCOc1nc(OCC(C)O)nc(-c2ccccc2O)n1. The van der Waals surface area contributed by atoms with E-state index in [0.717, 1.165) is 12.8 Å². The maximum Gasteiger partial charge on any atom is 0.323 e. The van der Waals surface area contributed by atoms with Crippen LogP contribution < -0.4 is 9.47 Å². The fourth-order valence-electron chi connectivity index (χ4n) is 3.38. The summed E-state index contributed by atoms with van der Waals surface area (Å²) >= 11 is 0. The summed E-state index contributed by atoms with van der Waals surface area (Å²) in [5, 5.41) is 19.6. The van der Waals surface area contributed by atoms with Gasteiger partial charge in [-0.25, -0.2) is 0 Å². The molecule has 1 atom stereocenters. The highest BCUT2D eigenvalue weighted by atomic mass is 16.5. The third-order valence-corrected chi connectivity index (χ3v) is 5.17. The van der Waals surface area contributed by atoms with Crippen LogP contribution >= 0.6 is 0 Å². The number of nitrogens with zero attached hydrogens (tertiary/aromatic N) is 3. The molecule has 0 aliphatic heterocycles. The van der Waals surface area contributed by atoms with Gasteiger partial charge in [-0.3, -0.25) is 0 Å². The number of aromatic hydroxyl groups is 1. The standard InChI is InChI=1S/C25H39N3O4/c1-3-4-5-6-7-8-9-10-11-12-15-18-31-24-26-23(21-16-13-14-17-22(21)30)27-25(28-24)32-19-20(2)29/h13-14,16-17,20,29-30H,3-12,15,18-19H2,1-2H3. The first-order valence-corrected chi connectivity index (χ1v) is 12.1. The Hall–Kier alpha value is -2.41.